The van der Waals surface area contributed by atoms with Crippen molar-refractivity contribution < 1.29 is 0 Å². The molecule has 1 rings (SSSR count). The second kappa shape index (κ2) is 4.47. The first-order valence-corrected chi connectivity index (χ1v) is 9.44. The van der Waals surface area contributed by atoms with Crippen LogP contribution in [0.15, 0.2) is 10.1 Å². The van der Waals surface area contributed by atoms with Crippen LogP contribution in [-0.2, 0) is 0 Å². The summed E-state index contributed by atoms with van der Waals surface area (Å²) in [6.07, 6.45) is 3.62. The first-order valence-electron chi connectivity index (χ1n) is 5.65. The number of hydrogen-bond donors (Lipinski definition) is 0. The second-order valence-corrected chi connectivity index (χ2v) is 11.8. The third kappa shape index (κ3) is 3.22. The Hall–Kier alpha value is -0.00312. The molecule has 0 unspecified atom stereocenters. The van der Waals surface area contributed by atoms with E-state index in [9.17, 15) is 0 Å². The molecule has 1 aliphatic rings. The van der Waals surface area contributed by atoms with Gasteiger partial charge >= 0.3 is 0 Å². The molecule has 0 amide bonds. The summed E-state index contributed by atoms with van der Waals surface area (Å²) in [7, 11) is -1.42. The number of hydrogen-bond acceptors (Lipinski definition) is 0. The van der Waals surface area contributed by atoms with Gasteiger partial charge in [0.25, 0.3) is 0 Å². The van der Waals surface area contributed by atoms with Gasteiger partial charge < -0.3 is 0 Å². The van der Waals surface area contributed by atoms with Crippen molar-refractivity contribution in [3.8, 4) is 11.5 Å². The van der Waals surface area contributed by atoms with E-state index in [1.807, 2.05) is 0 Å². The highest BCUT2D eigenvalue weighted by atomic mass is 79.9. The molecule has 0 aromatic rings. The molecular formula is C13H21BrSi. The quantitative estimate of drug-likeness (QED) is 0.440. The van der Waals surface area contributed by atoms with E-state index in [1.165, 1.54) is 29.3 Å². The van der Waals surface area contributed by atoms with Gasteiger partial charge in [0, 0.05) is 10.1 Å². The van der Waals surface area contributed by atoms with Gasteiger partial charge in [-0.2, -0.15) is 0 Å². The molecular weight excluding hydrogens is 264 g/mol. The van der Waals surface area contributed by atoms with Crippen molar-refractivity contribution in [3.05, 3.63) is 10.1 Å². The Labute approximate surface area is 104 Å². The molecule has 0 spiro atoms. The van der Waals surface area contributed by atoms with E-state index in [1.54, 1.807) is 0 Å². The van der Waals surface area contributed by atoms with Crippen molar-refractivity contribution in [2.24, 2.45) is 0 Å². The average molecular weight is 285 g/mol. The fourth-order valence-corrected chi connectivity index (χ4v) is 2.67. The zero-order valence-electron chi connectivity index (χ0n) is 10.5. The van der Waals surface area contributed by atoms with Crippen molar-refractivity contribution in [1.29, 1.82) is 0 Å². The first kappa shape index (κ1) is 13.1. The van der Waals surface area contributed by atoms with E-state index < -0.39 is 8.07 Å². The van der Waals surface area contributed by atoms with E-state index in [0.717, 1.165) is 0 Å². The topological polar surface area (TPSA) is 0 Å². The van der Waals surface area contributed by atoms with Crippen LogP contribution in [0, 0.1) is 11.5 Å². The Balaban J connectivity index is 2.86. The summed E-state index contributed by atoms with van der Waals surface area (Å²) in [5.74, 6) is 3.42. The van der Waals surface area contributed by atoms with Crippen LogP contribution in [0.2, 0.25) is 18.1 Å². The summed E-state index contributed by atoms with van der Waals surface area (Å²) >= 11 is 3.62. The lowest BCUT2D eigenvalue weighted by Gasteiger charge is -2.31. The fraction of sp³-hybridized carbons (Fsp3) is 0.692. The Bertz CT molecular complexity index is 334. The SMILES string of the molecule is CC(C)(C)[Si](C)(C)C#CC1=C(Br)CCC1. The lowest BCUT2D eigenvalue weighted by atomic mass is 10.2. The van der Waals surface area contributed by atoms with E-state index in [0.29, 0.717) is 5.04 Å². The lowest BCUT2D eigenvalue weighted by molar-refractivity contribution is 0.731. The summed E-state index contributed by atoms with van der Waals surface area (Å²) in [5.41, 5.74) is 4.92. The Morgan fingerprint density at radius 1 is 1.20 bits per heavy atom. The zero-order valence-corrected chi connectivity index (χ0v) is 13.1. The molecule has 0 heterocycles. The summed E-state index contributed by atoms with van der Waals surface area (Å²) < 4.78 is 1.34. The van der Waals surface area contributed by atoms with Crippen LogP contribution in [0.3, 0.4) is 0 Å². The van der Waals surface area contributed by atoms with E-state index in [4.69, 9.17) is 0 Å². The zero-order chi connectivity index (χ0) is 11.7. The summed E-state index contributed by atoms with van der Waals surface area (Å²) in [5, 5.41) is 0.367. The molecule has 0 saturated carbocycles. The van der Waals surface area contributed by atoms with Gasteiger partial charge in [0.15, 0.2) is 0 Å². The van der Waals surface area contributed by atoms with Gasteiger partial charge in [-0.05, 0) is 24.3 Å². The normalized spacial score (nSPS) is 17.7. The monoisotopic (exact) mass is 284 g/mol. The second-order valence-electron chi connectivity index (χ2n) is 5.86. The number of halogens is 1. The maximum Gasteiger partial charge on any atom is 0.138 e. The van der Waals surface area contributed by atoms with Crippen LogP contribution < -0.4 is 0 Å². The largest absolute Gasteiger partial charge is 0.138 e. The molecule has 1 aliphatic carbocycles. The summed E-state index contributed by atoms with van der Waals surface area (Å²) in [6.45, 7) is 11.7. The van der Waals surface area contributed by atoms with Crippen molar-refractivity contribution in [2.75, 3.05) is 0 Å². The molecule has 0 fully saturated rings. The predicted molar refractivity (Wildman–Crippen MR) is 74.8 cm³/mol. The number of allylic oxidation sites excluding steroid dienone is 2. The highest BCUT2D eigenvalue weighted by Crippen LogP contribution is 2.36. The summed E-state index contributed by atoms with van der Waals surface area (Å²) in [6, 6.07) is 0. The molecule has 15 heavy (non-hydrogen) atoms. The molecule has 0 bridgehead atoms. The molecule has 0 radical (unpaired) electrons. The predicted octanol–water partition coefficient (Wildman–Crippen LogP) is 4.87. The van der Waals surface area contributed by atoms with E-state index in [2.05, 4.69) is 61.3 Å². The molecule has 2 heteroatoms. The average Bonchev–Trinajstić information content (AvgIpc) is 2.46. The van der Waals surface area contributed by atoms with Crippen LogP contribution in [0.5, 0.6) is 0 Å². The third-order valence-electron chi connectivity index (χ3n) is 3.55. The lowest BCUT2D eigenvalue weighted by Crippen LogP contribution is -2.35. The van der Waals surface area contributed by atoms with Crippen molar-refractivity contribution in [1.82, 2.24) is 0 Å². The molecule has 0 nitrogen and oxygen atoms in total. The Morgan fingerprint density at radius 2 is 1.80 bits per heavy atom. The van der Waals surface area contributed by atoms with Gasteiger partial charge in [-0.1, -0.05) is 55.7 Å². The van der Waals surface area contributed by atoms with Gasteiger partial charge in [0.2, 0.25) is 0 Å². The van der Waals surface area contributed by atoms with E-state index >= 15 is 0 Å². The highest BCUT2D eigenvalue weighted by molar-refractivity contribution is 9.11. The Kier molecular flexibility index (Phi) is 3.89. The van der Waals surface area contributed by atoms with Crippen LogP contribution >= 0.6 is 15.9 Å². The maximum absolute atomic E-state index is 3.62. The van der Waals surface area contributed by atoms with Gasteiger partial charge in [-0.25, -0.2) is 0 Å². The van der Waals surface area contributed by atoms with E-state index in [-0.39, 0.29) is 0 Å². The number of rotatable bonds is 0. The van der Waals surface area contributed by atoms with Gasteiger partial charge in [0.1, 0.15) is 8.07 Å². The third-order valence-corrected chi connectivity index (χ3v) is 8.93. The maximum atomic E-state index is 3.62. The minimum atomic E-state index is -1.42. The molecule has 0 aromatic carbocycles. The van der Waals surface area contributed by atoms with Crippen molar-refractivity contribution in [2.45, 2.75) is 58.2 Å². The molecule has 0 N–H and O–H groups in total. The fourth-order valence-electron chi connectivity index (χ4n) is 1.26. The van der Waals surface area contributed by atoms with Crippen LogP contribution in [0.25, 0.3) is 0 Å². The van der Waals surface area contributed by atoms with Crippen LogP contribution in [0.4, 0.5) is 0 Å². The minimum absolute atomic E-state index is 0.367. The smallest absolute Gasteiger partial charge is 0.126 e. The highest BCUT2D eigenvalue weighted by Gasteiger charge is 2.33. The molecule has 0 saturated heterocycles. The van der Waals surface area contributed by atoms with Crippen LogP contribution in [-0.4, -0.2) is 8.07 Å². The summed E-state index contributed by atoms with van der Waals surface area (Å²) in [4.78, 5) is 0. The Morgan fingerprint density at radius 3 is 2.20 bits per heavy atom. The van der Waals surface area contributed by atoms with Gasteiger partial charge in [-0.15, -0.1) is 5.54 Å². The molecule has 84 valence electrons. The van der Waals surface area contributed by atoms with Crippen LogP contribution in [0.1, 0.15) is 40.0 Å². The molecule has 0 atom stereocenters. The van der Waals surface area contributed by atoms with Gasteiger partial charge in [-0.3, -0.25) is 0 Å². The van der Waals surface area contributed by atoms with Gasteiger partial charge in [0.05, 0.1) is 0 Å². The minimum Gasteiger partial charge on any atom is -0.126 e. The molecule has 0 aliphatic heterocycles. The standard InChI is InChI=1S/C13H21BrSi/c1-13(2,3)15(4,5)10-9-11-7-6-8-12(11)14/h6-8H2,1-5H3. The first-order chi connectivity index (χ1) is 6.74. The van der Waals surface area contributed by atoms with Crippen molar-refractivity contribution in [3.63, 3.8) is 0 Å². The molecule has 0 aromatic heterocycles. The van der Waals surface area contributed by atoms with Crippen molar-refractivity contribution >= 4 is 24.0 Å².